The smallest absolute Gasteiger partial charge is 0.159 e. The molecule has 0 aliphatic heterocycles. The second-order valence-corrected chi connectivity index (χ2v) is 5.77. The average Bonchev–Trinajstić information content (AvgIpc) is 2.53. The third-order valence-corrected chi connectivity index (χ3v) is 4.20. The third kappa shape index (κ3) is 3.10. The van der Waals surface area contributed by atoms with E-state index in [-0.39, 0.29) is 0 Å². The second kappa shape index (κ2) is 6.31. The summed E-state index contributed by atoms with van der Waals surface area (Å²) in [5.41, 5.74) is 4.75. The van der Waals surface area contributed by atoms with Crippen molar-refractivity contribution in [3.63, 3.8) is 0 Å². The van der Waals surface area contributed by atoms with Gasteiger partial charge in [-0.25, -0.2) is 9.97 Å². The molecule has 0 aromatic carbocycles. The van der Waals surface area contributed by atoms with Crippen LogP contribution in [0.3, 0.4) is 0 Å². The number of pyridine rings is 1. The van der Waals surface area contributed by atoms with Crippen molar-refractivity contribution in [1.82, 2.24) is 20.3 Å². The third-order valence-electron chi connectivity index (χ3n) is 4.20. The molecule has 0 bridgehead atoms. The maximum absolute atomic E-state index is 4.80. The molecule has 1 unspecified atom stereocenters. The van der Waals surface area contributed by atoms with E-state index in [2.05, 4.69) is 29.1 Å². The van der Waals surface area contributed by atoms with E-state index in [4.69, 9.17) is 4.98 Å². The van der Waals surface area contributed by atoms with Gasteiger partial charge in [0.25, 0.3) is 0 Å². The van der Waals surface area contributed by atoms with Gasteiger partial charge in [-0.15, -0.1) is 0 Å². The quantitative estimate of drug-likeness (QED) is 0.936. The van der Waals surface area contributed by atoms with Gasteiger partial charge in [-0.2, -0.15) is 0 Å². The fourth-order valence-electron chi connectivity index (χ4n) is 2.96. The molecule has 1 aliphatic rings. The molecule has 0 saturated heterocycles. The van der Waals surface area contributed by atoms with Crippen molar-refractivity contribution in [2.45, 2.75) is 33.1 Å². The molecule has 110 valence electrons. The Morgan fingerprint density at radius 3 is 3.05 bits per heavy atom. The SMILES string of the molecule is CCNCC1CCc2nc(-c3ccncc3C)ncc2C1. The Kier molecular flexibility index (Phi) is 4.25. The van der Waals surface area contributed by atoms with Crippen LogP contribution >= 0.6 is 0 Å². The molecule has 2 heterocycles. The fourth-order valence-corrected chi connectivity index (χ4v) is 2.96. The van der Waals surface area contributed by atoms with Gasteiger partial charge in [0.1, 0.15) is 0 Å². The first-order valence-electron chi connectivity index (χ1n) is 7.74. The zero-order valence-electron chi connectivity index (χ0n) is 12.8. The minimum absolute atomic E-state index is 0.717. The van der Waals surface area contributed by atoms with Gasteiger partial charge in [0.05, 0.1) is 0 Å². The van der Waals surface area contributed by atoms with Crippen molar-refractivity contribution >= 4 is 0 Å². The van der Waals surface area contributed by atoms with E-state index in [9.17, 15) is 0 Å². The number of hydrogen-bond donors (Lipinski definition) is 1. The summed E-state index contributed by atoms with van der Waals surface area (Å²) in [5, 5.41) is 3.45. The highest BCUT2D eigenvalue weighted by molar-refractivity contribution is 5.58. The van der Waals surface area contributed by atoms with Crippen LogP contribution in [-0.2, 0) is 12.8 Å². The summed E-state index contributed by atoms with van der Waals surface area (Å²) in [5.74, 6) is 1.55. The molecule has 21 heavy (non-hydrogen) atoms. The molecular weight excluding hydrogens is 260 g/mol. The second-order valence-electron chi connectivity index (χ2n) is 5.77. The first-order valence-corrected chi connectivity index (χ1v) is 7.74. The lowest BCUT2D eigenvalue weighted by atomic mass is 9.87. The average molecular weight is 282 g/mol. The fraction of sp³-hybridized carbons (Fsp3) is 0.471. The van der Waals surface area contributed by atoms with Crippen molar-refractivity contribution in [2.24, 2.45) is 5.92 Å². The molecule has 1 atom stereocenters. The Labute approximate surface area is 126 Å². The van der Waals surface area contributed by atoms with Gasteiger partial charge in [0.15, 0.2) is 5.82 Å². The molecule has 4 heteroatoms. The lowest BCUT2D eigenvalue weighted by molar-refractivity contribution is 0.424. The predicted molar refractivity (Wildman–Crippen MR) is 84.1 cm³/mol. The standard InChI is InChI=1S/C17H22N4/c1-3-18-10-13-4-5-16-14(8-13)11-20-17(21-16)15-6-7-19-9-12(15)2/h6-7,9,11,13,18H,3-5,8,10H2,1-2H3. The molecule has 2 aromatic rings. The molecule has 3 rings (SSSR count). The maximum atomic E-state index is 4.80. The molecule has 0 radical (unpaired) electrons. The van der Waals surface area contributed by atoms with E-state index in [0.717, 1.165) is 48.8 Å². The van der Waals surface area contributed by atoms with Crippen molar-refractivity contribution < 1.29 is 0 Å². The summed E-state index contributed by atoms with van der Waals surface area (Å²) in [4.78, 5) is 13.5. The minimum atomic E-state index is 0.717. The largest absolute Gasteiger partial charge is 0.317 e. The zero-order chi connectivity index (χ0) is 14.7. The van der Waals surface area contributed by atoms with Crippen LogP contribution in [0.4, 0.5) is 0 Å². The molecule has 0 amide bonds. The van der Waals surface area contributed by atoms with E-state index in [1.807, 2.05) is 18.5 Å². The number of rotatable bonds is 4. The highest BCUT2D eigenvalue weighted by Crippen LogP contribution is 2.26. The van der Waals surface area contributed by atoms with Crippen LogP contribution in [0.25, 0.3) is 11.4 Å². The maximum Gasteiger partial charge on any atom is 0.159 e. The summed E-state index contributed by atoms with van der Waals surface area (Å²) in [6, 6.07) is 1.99. The van der Waals surface area contributed by atoms with Crippen molar-refractivity contribution in [3.8, 4) is 11.4 Å². The van der Waals surface area contributed by atoms with E-state index in [1.165, 1.54) is 17.7 Å². The van der Waals surface area contributed by atoms with Crippen LogP contribution in [0.15, 0.2) is 24.7 Å². The molecule has 0 spiro atoms. The van der Waals surface area contributed by atoms with Gasteiger partial charge >= 0.3 is 0 Å². The Bertz CT molecular complexity index is 624. The Balaban J connectivity index is 1.82. The lowest BCUT2D eigenvalue weighted by Crippen LogP contribution is -2.27. The summed E-state index contributed by atoms with van der Waals surface area (Å²) in [7, 11) is 0. The monoisotopic (exact) mass is 282 g/mol. The van der Waals surface area contributed by atoms with E-state index in [0.29, 0.717) is 0 Å². The van der Waals surface area contributed by atoms with E-state index >= 15 is 0 Å². The number of hydrogen-bond acceptors (Lipinski definition) is 4. The summed E-state index contributed by atoms with van der Waals surface area (Å²) in [6.07, 6.45) is 9.06. The zero-order valence-corrected chi connectivity index (χ0v) is 12.8. The lowest BCUT2D eigenvalue weighted by Gasteiger charge is -2.24. The normalized spacial score (nSPS) is 17.5. The molecule has 2 aromatic heterocycles. The Hall–Kier alpha value is -1.81. The van der Waals surface area contributed by atoms with Crippen molar-refractivity contribution in [2.75, 3.05) is 13.1 Å². The van der Waals surface area contributed by atoms with Crippen molar-refractivity contribution in [3.05, 3.63) is 41.5 Å². The van der Waals surface area contributed by atoms with Gasteiger partial charge in [-0.05, 0) is 62.4 Å². The van der Waals surface area contributed by atoms with Crippen LogP contribution in [0.1, 0.15) is 30.2 Å². The van der Waals surface area contributed by atoms with Crippen LogP contribution in [-0.4, -0.2) is 28.0 Å². The van der Waals surface area contributed by atoms with Crippen LogP contribution < -0.4 is 5.32 Å². The topological polar surface area (TPSA) is 50.7 Å². The number of nitrogens with zero attached hydrogens (tertiary/aromatic N) is 3. The van der Waals surface area contributed by atoms with Gasteiger partial charge in [-0.1, -0.05) is 6.92 Å². The van der Waals surface area contributed by atoms with Gasteiger partial charge in [0.2, 0.25) is 0 Å². The van der Waals surface area contributed by atoms with E-state index in [1.54, 1.807) is 6.20 Å². The van der Waals surface area contributed by atoms with E-state index < -0.39 is 0 Å². The van der Waals surface area contributed by atoms with Gasteiger partial charge < -0.3 is 5.32 Å². The summed E-state index contributed by atoms with van der Waals surface area (Å²) in [6.45, 7) is 6.35. The highest BCUT2D eigenvalue weighted by Gasteiger charge is 2.20. The summed E-state index contributed by atoms with van der Waals surface area (Å²) < 4.78 is 0. The highest BCUT2D eigenvalue weighted by atomic mass is 14.9. The molecule has 0 saturated carbocycles. The summed E-state index contributed by atoms with van der Waals surface area (Å²) >= 11 is 0. The molecule has 1 N–H and O–H groups in total. The molecule has 4 nitrogen and oxygen atoms in total. The number of fused-ring (bicyclic) bond motifs is 1. The van der Waals surface area contributed by atoms with Crippen LogP contribution in [0.5, 0.6) is 0 Å². The number of nitrogens with one attached hydrogen (secondary N) is 1. The Morgan fingerprint density at radius 2 is 2.24 bits per heavy atom. The van der Waals surface area contributed by atoms with Crippen molar-refractivity contribution in [1.29, 1.82) is 0 Å². The predicted octanol–water partition coefficient (Wildman–Crippen LogP) is 2.56. The first-order chi connectivity index (χ1) is 10.3. The van der Waals surface area contributed by atoms with Gasteiger partial charge in [-0.3, -0.25) is 4.98 Å². The van der Waals surface area contributed by atoms with Crippen LogP contribution in [0, 0.1) is 12.8 Å². The molecule has 1 aliphatic carbocycles. The number of aryl methyl sites for hydroxylation is 2. The molecule has 0 fully saturated rings. The first kappa shape index (κ1) is 14.1. The van der Waals surface area contributed by atoms with Gasteiger partial charge in [0, 0.05) is 29.8 Å². The number of aromatic nitrogens is 3. The molecular formula is C17H22N4. The van der Waals surface area contributed by atoms with Crippen LogP contribution in [0.2, 0.25) is 0 Å². The Morgan fingerprint density at radius 1 is 1.33 bits per heavy atom. The minimum Gasteiger partial charge on any atom is -0.317 e.